The number of carbonyl (C=O) groups excluding carboxylic acids is 1. The molecule has 232 valence electrons. The number of ether oxygens (including phenoxy) is 1. The Labute approximate surface area is 273 Å². The maximum Gasteiger partial charge on any atom is 0.410 e. The van der Waals surface area contributed by atoms with Gasteiger partial charge in [-0.15, -0.1) is 0 Å². The number of nitrogens with zero attached hydrogens (tertiary/aromatic N) is 3. The number of benzene rings is 5. The Morgan fingerprint density at radius 1 is 0.702 bits per heavy atom. The minimum absolute atomic E-state index is 0.0373. The molecule has 1 aromatic heterocycles. The summed E-state index contributed by atoms with van der Waals surface area (Å²) in [6.45, 7) is -0.467. The number of aliphatic carboxylic acids is 1. The van der Waals surface area contributed by atoms with Crippen molar-refractivity contribution in [2.75, 3.05) is 13.2 Å². The van der Waals surface area contributed by atoms with Gasteiger partial charge in [0.15, 0.2) is 0 Å². The molecule has 0 spiro atoms. The molecule has 6 aromatic rings. The lowest BCUT2D eigenvalue weighted by Crippen LogP contribution is -2.37. The van der Waals surface area contributed by atoms with Crippen LogP contribution in [0.5, 0.6) is 0 Å². The van der Waals surface area contributed by atoms with E-state index in [0.717, 1.165) is 38.9 Å². The van der Waals surface area contributed by atoms with Gasteiger partial charge in [-0.2, -0.15) is 0 Å². The van der Waals surface area contributed by atoms with Gasteiger partial charge in [-0.05, 0) is 38.9 Å². The number of carboxylic acids is 1. The van der Waals surface area contributed by atoms with Crippen molar-refractivity contribution in [3.8, 4) is 11.1 Å². The van der Waals surface area contributed by atoms with Gasteiger partial charge in [0.2, 0.25) is 0 Å². The summed E-state index contributed by atoms with van der Waals surface area (Å²) in [7, 11) is 0. The van der Waals surface area contributed by atoms with E-state index in [4.69, 9.17) is 9.72 Å². The molecular weight excluding hydrogens is 586 g/mol. The SMILES string of the molecule is O=C(O)CN(Cc1cn(C(c2ccccc2)(c2ccccc2)c2ccccc2)cn1)C(=O)OCC1c2ccccc2-c2ccccc21. The summed E-state index contributed by atoms with van der Waals surface area (Å²) in [6.07, 6.45) is 2.93. The predicted octanol–water partition coefficient (Wildman–Crippen LogP) is 7.56. The zero-order chi connectivity index (χ0) is 32.2. The molecule has 0 saturated carbocycles. The van der Waals surface area contributed by atoms with Gasteiger partial charge < -0.3 is 14.4 Å². The summed E-state index contributed by atoms with van der Waals surface area (Å²) in [5.41, 5.74) is 7.25. The van der Waals surface area contributed by atoms with Crippen LogP contribution in [0.3, 0.4) is 0 Å². The van der Waals surface area contributed by atoms with E-state index in [1.807, 2.05) is 102 Å². The Balaban J connectivity index is 1.20. The first-order valence-corrected chi connectivity index (χ1v) is 15.6. The Hall–Kier alpha value is -5.95. The standard InChI is InChI=1S/C40H33N3O4/c44-38(45)26-42(39(46)47-27-37-35-22-12-10-20-33(35)34-21-11-13-23-36(34)37)24-32-25-43(28-41-32)40(29-14-4-1-5-15-29,30-16-6-2-7-17-30)31-18-8-3-9-19-31/h1-23,25,28,37H,24,26-27H2,(H,44,45). The first kappa shape index (κ1) is 29.7. The summed E-state index contributed by atoms with van der Waals surface area (Å²) in [6, 6.07) is 46.8. The molecule has 47 heavy (non-hydrogen) atoms. The third-order valence-corrected chi connectivity index (χ3v) is 8.87. The first-order chi connectivity index (χ1) is 23.1. The fraction of sp³-hybridized carbons (Fsp3) is 0.125. The molecular formula is C40H33N3O4. The molecule has 0 bridgehead atoms. The van der Waals surface area contributed by atoms with Crippen LogP contribution >= 0.6 is 0 Å². The topological polar surface area (TPSA) is 84.7 Å². The second kappa shape index (κ2) is 12.8. The Morgan fingerprint density at radius 3 is 1.66 bits per heavy atom. The normalized spacial score (nSPS) is 12.3. The molecule has 1 aliphatic carbocycles. The van der Waals surface area contributed by atoms with Crippen molar-refractivity contribution in [1.29, 1.82) is 0 Å². The molecule has 1 N–H and O–H groups in total. The van der Waals surface area contributed by atoms with Crippen LogP contribution in [-0.2, 0) is 21.6 Å². The predicted molar refractivity (Wildman–Crippen MR) is 180 cm³/mol. The van der Waals surface area contributed by atoms with Gasteiger partial charge in [-0.3, -0.25) is 9.69 Å². The molecule has 7 heteroatoms. The highest BCUT2D eigenvalue weighted by molar-refractivity contribution is 5.79. The van der Waals surface area contributed by atoms with Crippen LogP contribution in [0.2, 0.25) is 0 Å². The molecule has 5 aromatic carbocycles. The van der Waals surface area contributed by atoms with Crippen LogP contribution in [0.25, 0.3) is 11.1 Å². The van der Waals surface area contributed by atoms with E-state index in [1.54, 1.807) is 6.33 Å². The molecule has 1 heterocycles. The molecule has 7 nitrogen and oxygen atoms in total. The maximum atomic E-state index is 13.5. The summed E-state index contributed by atoms with van der Waals surface area (Å²) in [4.78, 5) is 31.4. The number of hydrogen-bond acceptors (Lipinski definition) is 4. The Kier molecular flexibility index (Phi) is 8.11. The molecule has 0 aliphatic heterocycles. The van der Waals surface area contributed by atoms with Crippen LogP contribution in [0.1, 0.15) is 39.4 Å². The maximum absolute atomic E-state index is 13.5. The van der Waals surface area contributed by atoms with E-state index in [2.05, 4.69) is 48.5 Å². The highest BCUT2D eigenvalue weighted by atomic mass is 16.6. The van der Waals surface area contributed by atoms with E-state index in [0.29, 0.717) is 5.69 Å². The molecule has 0 saturated heterocycles. The fourth-order valence-corrected chi connectivity index (χ4v) is 6.84. The highest BCUT2D eigenvalue weighted by Gasteiger charge is 2.38. The van der Waals surface area contributed by atoms with E-state index in [9.17, 15) is 14.7 Å². The van der Waals surface area contributed by atoms with Crippen molar-refractivity contribution in [3.05, 3.63) is 186 Å². The lowest BCUT2D eigenvalue weighted by molar-refractivity contribution is -0.138. The number of imidazole rings is 1. The number of fused-ring (bicyclic) bond motifs is 3. The number of hydrogen-bond donors (Lipinski definition) is 1. The minimum Gasteiger partial charge on any atom is -0.480 e. The monoisotopic (exact) mass is 619 g/mol. The molecule has 0 unspecified atom stereocenters. The molecule has 0 atom stereocenters. The zero-order valence-electron chi connectivity index (χ0n) is 25.6. The lowest BCUT2D eigenvalue weighted by Gasteiger charge is -2.37. The van der Waals surface area contributed by atoms with Crippen molar-refractivity contribution in [2.24, 2.45) is 0 Å². The number of aromatic nitrogens is 2. The Morgan fingerprint density at radius 2 is 1.17 bits per heavy atom. The van der Waals surface area contributed by atoms with E-state index >= 15 is 0 Å². The summed E-state index contributed by atoms with van der Waals surface area (Å²) < 4.78 is 7.89. The van der Waals surface area contributed by atoms with Gasteiger partial charge >= 0.3 is 12.1 Å². The largest absolute Gasteiger partial charge is 0.480 e. The number of amides is 1. The van der Waals surface area contributed by atoms with Crippen molar-refractivity contribution in [1.82, 2.24) is 14.5 Å². The van der Waals surface area contributed by atoms with Crippen LogP contribution in [-0.4, -0.2) is 44.8 Å². The summed E-state index contributed by atoms with van der Waals surface area (Å²) in [5, 5.41) is 9.76. The van der Waals surface area contributed by atoms with Crippen LogP contribution < -0.4 is 0 Å². The molecule has 7 rings (SSSR count). The summed E-state index contributed by atoms with van der Waals surface area (Å²) in [5.74, 6) is -1.27. The molecule has 0 radical (unpaired) electrons. The molecule has 0 fully saturated rings. The second-order valence-corrected chi connectivity index (χ2v) is 11.6. The van der Waals surface area contributed by atoms with Crippen LogP contribution in [0, 0.1) is 0 Å². The number of rotatable bonds is 10. The quantitative estimate of drug-likeness (QED) is 0.160. The molecule has 1 amide bonds. The van der Waals surface area contributed by atoms with Gasteiger partial charge in [0.25, 0.3) is 0 Å². The van der Waals surface area contributed by atoms with Crippen LogP contribution in [0.4, 0.5) is 4.79 Å². The van der Waals surface area contributed by atoms with Crippen molar-refractivity contribution < 1.29 is 19.4 Å². The van der Waals surface area contributed by atoms with Gasteiger partial charge in [-0.25, -0.2) is 9.78 Å². The first-order valence-electron chi connectivity index (χ1n) is 15.6. The van der Waals surface area contributed by atoms with E-state index in [1.165, 1.54) is 4.90 Å². The minimum atomic E-state index is -1.13. The smallest absolute Gasteiger partial charge is 0.410 e. The molecule has 1 aliphatic rings. The van der Waals surface area contributed by atoms with Crippen molar-refractivity contribution >= 4 is 12.1 Å². The van der Waals surface area contributed by atoms with Crippen molar-refractivity contribution in [2.45, 2.75) is 18.0 Å². The van der Waals surface area contributed by atoms with Crippen molar-refractivity contribution in [3.63, 3.8) is 0 Å². The Bertz CT molecular complexity index is 1870. The lowest BCUT2D eigenvalue weighted by atomic mass is 9.77. The average Bonchev–Trinajstić information content (AvgIpc) is 3.71. The third kappa shape index (κ3) is 5.57. The zero-order valence-corrected chi connectivity index (χ0v) is 25.6. The fourth-order valence-electron chi connectivity index (χ4n) is 6.84. The van der Waals surface area contributed by atoms with Gasteiger partial charge in [0.05, 0.1) is 18.6 Å². The van der Waals surface area contributed by atoms with Gasteiger partial charge in [0, 0.05) is 12.1 Å². The van der Waals surface area contributed by atoms with E-state index in [-0.39, 0.29) is 19.1 Å². The van der Waals surface area contributed by atoms with Gasteiger partial charge in [-0.1, -0.05) is 140 Å². The highest BCUT2D eigenvalue weighted by Crippen LogP contribution is 2.45. The average molecular weight is 620 g/mol. The number of carbonyl (C=O) groups is 2. The second-order valence-electron chi connectivity index (χ2n) is 11.6. The van der Waals surface area contributed by atoms with Crippen LogP contribution in [0.15, 0.2) is 152 Å². The number of carboxylic acid groups (broad SMARTS) is 1. The van der Waals surface area contributed by atoms with E-state index < -0.39 is 24.1 Å². The summed E-state index contributed by atoms with van der Waals surface area (Å²) >= 11 is 0. The third-order valence-electron chi connectivity index (χ3n) is 8.87. The van der Waals surface area contributed by atoms with Gasteiger partial charge in [0.1, 0.15) is 18.7 Å².